The highest BCUT2D eigenvalue weighted by Crippen LogP contribution is 2.48. The average molecular weight is 385 g/mol. The van der Waals surface area contributed by atoms with Crippen molar-refractivity contribution in [2.75, 3.05) is 4.90 Å². The SMILES string of the molecule is CC(=O)N=C1N(C(C)=O)c2ccc(Cl)cc2C1(OC(C)=O)c1ccccc1. The second kappa shape index (κ2) is 6.96. The molecule has 0 N–H and O–H groups in total. The number of amides is 2. The Balaban J connectivity index is 2.47. The molecule has 2 aromatic rings. The van der Waals surface area contributed by atoms with Crippen LogP contribution in [0.4, 0.5) is 5.69 Å². The fourth-order valence-corrected chi connectivity index (χ4v) is 3.48. The maximum absolute atomic E-state index is 12.5. The number of halogens is 1. The molecule has 0 aliphatic carbocycles. The van der Waals surface area contributed by atoms with Gasteiger partial charge in [0.05, 0.1) is 5.69 Å². The summed E-state index contributed by atoms with van der Waals surface area (Å²) in [6.45, 7) is 3.88. The number of aliphatic imine (C=N–C) groups is 1. The van der Waals surface area contributed by atoms with E-state index < -0.39 is 17.5 Å². The molecule has 1 heterocycles. The van der Waals surface area contributed by atoms with E-state index in [1.54, 1.807) is 42.5 Å². The maximum Gasteiger partial charge on any atom is 0.304 e. The summed E-state index contributed by atoms with van der Waals surface area (Å²) in [5, 5.41) is 0.397. The second-order valence-electron chi connectivity index (χ2n) is 6.11. The zero-order valence-corrected chi connectivity index (χ0v) is 15.8. The molecule has 2 aromatic carbocycles. The fraction of sp³-hybridized carbons (Fsp3) is 0.200. The lowest BCUT2D eigenvalue weighted by atomic mass is 9.86. The number of carbonyl (C=O) groups excluding carboxylic acids is 3. The van der Waals surface area contributed by atoms with Crippen LogP contribution >= 0.6 is 11.6 Å². The summed E-state index contributed by atoms with van der Waals surface area (Å²) in [4.78, 5) is 41.8. The maximum atomic E-state index is 12.5. The third-order valence-electron chi connectivity index (χ3n) is 4.16. The molecule has 3 rings (SSSR count). The quantitative estimate of drug-likeness (QED) is 0.743. The Morgan fingerprint density at radius 3 is 2.26 bits per heavy atom. The van der Waals surface area contributed by atoms with Crippen LogP contribution in [-0.4, -0.2) is 23.6 Å². The van der Waals surface area contributed by atoms with Gasteiger partial charge in [-0.1, -0.05) is 41.9 Å². The molecule has 0 saturated carbocycles. The number of benzene rings is 2. The number of hydrogen-bond acceptors (Lipinski definition) is 4. The molecule has 138 valence electrons. The van der Waals surface area contributed by atoms with Gasteiger partial charge in [-0.05, 0) is 18.2 Å². The van der Waals surface area contributed by atoms with E-state index in [2.05, 4.69) is 4.99 Å². The van der Waals surface area contributed by atoms with Crippen molar-refractivity contribution in [3.8, 4) is 0 Å². The van der Waals surface area contributed by atoms with Gasteiger partial charge >= 0.3 is 5.97 Å². The van der Waals surface area contributed by atoms with Gasteiger partial charge in [0, 0.05) is 36.9 Å². The molecule has 0 bridgehead atoms. The number of nitrogens with zero attached hydrogens (tertiary/aromatic N) is 2. The molecule has 0 saturated heterocycles. The first-order chi connectivity index (χ1) is 12.8. The number of carbonyl (C=O) groups is 3. The van der Waals surface area contributed by atoms with Gasteiger partial charge in [0.2, 0.25) is 17.4 Å². The summed E-state index contributed by atoms with van der Waals surface area (Å²) in [6, 6.07) is 13.7. The molecule has 0 radical (unpaired) electrons. The molecule has 1 aliphatic rings. The van der Waals surface area contributed by atoms with Crippen LogP contribution in [0, 0.1) is 0 Å². The standard InChI is InChI=1S/C20H17ClN2O4/c1-12(24)22-19-20(27-14(3)26,15-7-5-4-6-8-15)17-11-16(21)9-10-18(17)23(19)13(2)25/h4-11H,1-3H3. The molecule has 0 aromatic heterocycles. The van der Waals surface area contributed by atoms with Gasteiger partial charge in [-0.3, -0.25) is 19.3 Å². The van der Waals surface area contributed by atoms with Crippen LogP contribution in [0.5, 0.6) is 0 Å². The van der Waals surface area contributed by atoms with E-state index in [0.717, 1.165) is 0 Å². The number of hydrogen-bond donors (Lipinski definition) is 0. The van der Waals surface area contributed by atoms with Crippen molar-refractivity contribution in [2.45, 2.75) is 26.4 Å². The minimum absolute atomic E-state index is 0.0150. The lowest BCUT2D eigenvalue weighted by Gasteiger charge is -2.31. The van der Waals surface area contributed by atoms with Crippen molar-refractivity contribution in [3.63, 3.8) is 0 Å². The third-order valence-corrected chi connectivity index (χ3v) is 4.40. The van der Waals surface area contributed by atoms with E-state index in [9.17, 15) is 14.4 Å². The molecule has 6 nitrogen and oxygen atoms in total. The Hall–Kier alpha value is -2.99. The highest BCUT2D eigenvalue weighted by molar-refractivity contribution is 6.32. The van der Waals surface area contributed by atoms with E-state index in [1.165, 1.54) is 25.7 Å². The summed E-state index contributed by atoms with van der Waals surface area (Å²) < 4.78 is 5.79. The average Bonchev–Trinajstić information content (AvgIpc) is 2.85. The highest BCUT2D eigenvalue weighted by Gasteiger charge is 2.55. The Bertz CT molecular complexity index is 971. The van der Waals surface area contributed by atoms with E-state index >= 15 is 0 Å². The third kappa shape index (κ3) is 3.13. The van der Waals surface area contributed by atoms with Crippen LogP contribution in [0.25, 0.3) is 0 Å². The lowest BCUT2D eigenvalue weighted by molar-refractivity contribution is -0.148. The van der Waals surface area contributed by atoms with Crippen LogP contribution < -0.4 is 4.90 Å². The van der Waals surface area contributed by atoms with Crippen molar-refractivity contribution >= 4 is 40.9 Å². The first-order valence-electron chi connectivity index (χ1n) is 8.23. The van der Waals surface area contributed by atoms with E-state index in [0.29, 0.717) is 21.8 Å². The summed E-state index contributed by atoms with van der Waals surface area (Å²) >= 11 is 6.20. The number of ether oxygens (including phenoxy) is 1. The smallest absolute Gasteiger partial charge is 0.304 e. The van der Waals surface area contributed by atoms with Gasteiger partial charge in [-0.25, -0.2) is 0 Å². The first kappa shape index (κ1) is 18.8. The molecule has 1 atom stereocenters. The van der Waals surface area contributed by atoms with Gasteiger partial charge in [0.15, 0.2) is 5.84 Å². The normalized spacial score (nSPS) is 19.7. The van der Waals surface area contributed by atoms with Crippen molar-refractivity contribution in [3.05, 3.63) is 64.7 Å². The number of anilines is 1. The van der Waals surface area contributed by atoms with Crippen LogP contribution in [0.2, 0.25) is 5.02 Å². The molecule has 0 spiro atoms. The number of amidine groups is 1. The van der Waals surface area contributed by atoms with Crippen molar-refractivity contribution in [1.29, 1.82) is 0 Å². The number of esters is 1. The highest BCUT2D eigenvalue weighted by atomic mass is 35.5. The molecular formula is C20H17ClN2O4. The van der Waals surface area contributed by atoms with Crippen LogP contribution in [-0.2, 0) is 24.7 Å². The monoisotopic (exact) mass is 384 g/mol. The Morgan fingerprint density at radius 2 is 1.70 bits per heavy atom. The fourth-order valence-electron chi connectivity index (χ4n) is 3.31. The minimum Gasteiger partial charge on any atom is -0.441 e. The number of fused-ring (bicyclic) bond motifs is 1. The van der Waals surface area contributed by atoms with Crippen LogP contribution in [0.15, 0.2) is 53.5 Å². The zero-order chi connectivity index (χ0) is 19.8. The van der Waals surface area contributed by atoms with Crippen molar-refractivity contribution in [1.82, 2.24) is 0 Å². The van der Waals surface area contributed by atoms with E-state index in [-0.39, 0.29) is 11.7 Å². The summed E-state index contributed by atoms with van der Waals surface area (Å²) in [7, 11) is 0. The predicted octanol–water partition coefficient (Wildman–Crippen LogP) is 3.46. The first-order valence-corrected chi connectivity index (χ1v) is 8.60. The van der Waals surface area contributed by atoms with Gasteiger partial charge in [-0.2, -0.15) is 4.99 Å². The van der Waals surface area contributed by atoms with E-state index in [1.807, 2.05) is 6.07 Å². The Labute approximate surface area is 161 Å². The topological polar surface area (TPSA) is 76.0 Å². The summed E-state index contributed by atoms with van der Waals surface area (Å²) in [5.74, 6) is -1.47. The zero-order valence-electron chi connectivity index (χ0n) is 15.0. The molecule has 0 fully saturated rings. The molecule has 7 heteroatoms. The van der Waals surface area contributed by atoms with E-state index in [4.69, 9.17) is 16.3 Å². The van der Waals surface area contributed by atoms with Crippen LogP contribution in [0.1, 0.15) is 31.9 Å². The molecule has 2 amide bonds. The molecule has 27 heavy (non-hydrogen) atoms. The van der Waals surface area contributed by atoms with Crippen molar-refractivity contribution in [2.24, 2.45) is 4.99 Å². The van der Waals surface area contributed by atoms with Gasteiger partial charge in [0.1, 0.15) is 0 Å². The van der Waals surface area contributed by atoms with Gasteiger partial charge in [-0.15, -0.1) is 0 Å². The minimum atomic E-state index is -1.56. The Morgan fingerprint density at radius 1 is 1.04 bits per heavy atom. The second-order valence-corrected chi connectivity index (χ2v) is 6.55. The lowest BCUT2D eigenvalue weighted by Crippen LogP contribution is -2.46. The summed E-state index contributed by atoms with van der Waals surface area (Å²) in [6.07, 6.45) is 0. The summed E-state index contributed by atoms with van der Waals surface area (Å²) in [5.41, 5.74) is -0.0962. The van der Waals surface area contributed by atoms with Gasteiger partial charge < -0.3 is 4.74 Å². The molecule has 1 aliphatic heterocycles. The largest absolute Gasteiger partial charge is 0.441 e. The van der Waals surface area contributed by atoms with Gasteiger partial charge in [0.25, 0.3) is 0 Å². The predicted molar refractivity (Wildman–Crippen MR) is 102 cm³/mol. The van der Waals surface area contributed by atoms with Crippen molar-refractivity contribution < 1.29 is 19.1 Å². The Kier molecular flexibility index (Phi) is 4.85. The molecule has 1 unspecified atom stereocenters. The molecular weight excluding hydrogens is 368 g/mol. The number of rotatable bonds is 2. The van der Waals surface area contributed by atoms with Crippen LogP contribution in [0.3, 0.4) is 0 Å².